The van der Waals surface area contributed by atoms with Crippen molar-refractivity contribution in [2.24, 2.45) is 5.92 Å². The Balaban J connectivity index is 1.48. The third kappa shape index (κ3) is 4.11. The molecule has 0 saturated carbocycles. The van der Waals surface area contributed by atoms with Crippen LogP contribution < -0.4 is 0 Å². The van der Waals surface area contributed by atoms with Crippen LogP contribution >= 0.6 is 0 Å². The van der Waals surface area contributed by atoms with Gasteiger partial charge in [-0.2, -0.15) is 8.61 Å². The molecular formula is C19H28N2O6S2. The van der Waals surface area contributed by atoms with Gasteiger partial charge in [-0.1, -0.05) is 6.92 Å². The predicted molar refractivity (Wildman–Crippen MR) is 106 cm³/mol. The summed E-state index contributed by atoms with van der Waals surface area (Å²) >= 11 is 0. The Morgan fingerprint density at radius 3 is 1.90 bits per heavy atom. The SMILES string of the molecule is C[C@@H]1CCCN(S(=O)(=O)c2ccc(S(=O)(=O)N3CCC4(CC3)OCCO4)cc2)C1. The summed E-state index contributed by atoms with van der Waals surface area (Å²) in [5.74, 6) is -0.316. The van der Waals surface area contributed by atoms with E-state index in [-0.39, 0.29) is 9.79 Å². The summed E-state index contributed by atoms with van der Waals surface area (Å²) in [6, 6.07) is 5.58. The summed E-state index contributed by atoms with van der Waals surface area (Å²) in [6.07, 6.45) is 2.85. The molecule has 0 aromatic heterocycles. The van der Waals surface area contributed by atoms with Gasteiger partial charge in [0, 0.05) is 39.0 Å². The number of ether oxygens (including phenoxy) is 2. The van der Waals surface area contributed by atoms with Gasteiger partial charge in [0.15, 0.2) is 5.79 Å². The van der Waals surface area contributed by atoms with Gasteiger partial charge in [-0.3, -0.25) is 0 Å². The first kappa shape index (κ1) is 21.2. The van der Waals surface area contributed by atoms with Gasteiger partial charge in [-0.05, 0) is 43.0 Å². The second kappa shape index (κ2) is 7.90. The van der Waals surface area contributed by atoms with Gasteiger partial charge in [0.25, 0.3) is 0 Å². The van der Waals surface area contributed by atoms with Gasteiger partial charge >= 0.3 is 0 Å². The van der Waals surface area contributed by atoms with Crippen LogP contribution in [0.2, 0.25) is 0 Å². The molecule has 162 valence electrons. The highest BCUT2D eigenvalue weighted by atomic mass is 32.2. The predicted octanol–water partition coefficient (Wildman–Crippen LogP) is 1.63. The standard InChI is InChI=1S/C19H28N2O6S2/c1-16-3-2-10-21(15-16)29(24,25)18-6-4-17(5-7-18)28(22,23)20-11-8-19(9-12-20)26-13-14-27-19/h4-7,16H,2-3,8-15H2,1H3/t16-/m1/s1. The first-order valence-corrected chi connectivity index (χ1v) is 13.0. The molecule has 1 aromatic carbocycles. The second-order valence-electron chi connectivity index (χ2n) is 8.09. The van der Waals surface area contributed by atoms with Crippen molar-refractivity contribution in [1.29, 1.82) is 0 Å². The van der Waals surface area contributed by atoms with E-state index in [4.69, 9.17) is 9.47 Å². The summed E-state index contributed by atoms with van der Waals surface area (Å²) in [7, 11) is -7.30. The molecule has 29 heavy (non-hydrogen) atoms. The lowest BCUT2D eigenvalue weighted by Gasteiger charge is -2.36. The van der Waals surface area contributed by atoms with Gasteiger partial charge in [0.2, 0.25) is 20.0 Å². The van der Waals surface area contributed by atoms with E-state index in [9.17, 15) is 16.8 Å². The Labute approximate surface area is 172 Å². The highest BCUT2D eigenvalue weighted by Gasteiger charge is 2.42. The number of hydrogen-bond donors (Lipinski definition) is 0. The molecule has 4 rings (SSSR count). The zero-order valence-corrected chi connectivity index (χ0v) is 18.3. The van der Waals surface area contributed by atoms with Gasteiger partial charge in [-0.15, -0.1) is 0 Å². The summed E-state index contributed by atoms with van der Waals surface area (Å²) in [4.78, 5) is 0.239. The smallest absolute Gasteiger partial charge is 0.243 e. The molecule has 0 bridgehead atoms. The first-order valence-electron chi connectivity index (χ1n) is 10.1. The molecule has 3 fully saturated rings. The van der Waals surface area contributed by atoms with Crippen LogP contribution in [0.25, 0.3) is 0 Å². The molecule has 1 aromatic rings. The molecular weight excluding hydrogens is 416 g/mol. The van der Waals surface area contributed by atoms with Crippen molar-refractivity contribution in [3.63, 3.8) is 0 Å². The summed E-state index contributed by atoms with van der Waals surface area (Å²) < 4.78 is 65.9. The Kier molecular flexibility index (Phi) is 5.77. The van der Waals surface area contributed by atoms with Gasteiger partial charge < -0.3 is 9.47 Å². The number of sulfonamides is 2. The van der Waals surface area contributed by atoms with E-state index < -0.39 is 25.8 Å². The van der Waals surface area contributed by atoms with E-state index in [1.807, 2.05) is 6.92 Å². The van der Waals surface area contributed by atoms with Crippen LogP contribution in [0, 0.1) is 5.92 Å². The van der Waals surface area contributed by atoms with Crippen LogP contribution in [0.15, 0.2) is 34.1 Å². The Bertz CT molecular complexity index is 929. The van der Waals surface area contributed by atoms with Crippen LogP contribution in [-0.2, 0) is 29.5 Å². The van der Waals surface area contributed by atoms with Crippen LogP contribution in [0.3, 0.4) is 0 Å². The molecule has 8 nitrogen and oxygen atoms in total. The van der Waals surface area contributed by atoms with E-state index in [1.165, 1.54) is 32.9 Å². The fourth-order valence-corrected chi connectivity index (χ4v) is 7.34. The van der Waals surface area contributed by atoms with Gasteiger partial charge in [0.1, 0.15) is 0 Å². The normalized spacial score (nSPS) is 26.7. The fourth-order valence-electron chi connectivity index (χ4n) is 4.30. The minimum absolute atomic E-state index is 0.104. The minimum atomic E-state index is -3.69. The van der Waals surface area contributed by atoms with Crippen molar-refractivity contribution < 1.29 is 26.3 Å². The first-order chi connectivity index (χ1) is 13.7. The van der Waals surface area contributed by atoms with E-state index in [0.29, 0.717) is 58.2 Å². The maximum atomic E-state index is 13.0. The molecule has 0 N–H and O–H groups in total. The monoisotopic (exact) mass is 444 g/mol. The van der Waals surface area contributed by atoms with Crippen molar-refractivity contribution in [2.75, 3.05) is 39.4 Å². The minimum Gasteiger partial charge on any atom is -0.347 e. The number of piperidine rings is 2. The maximum absolute atomic E-state index is 13.0. The summed E-state index contributed by atoms with van der Waals surface area (Å²) in [5, 5.41) is 0. The van der Waals surface area contributed by atoms with Crippen LogP contribution in [-0.4, -0.2) is 70.6 Å². The van der Waals surface area contributed by atoms with Crippen LogP contribution in [0.5, 0.6) is 0 Å². The van der Waals surface area contributed by atoms with E-state index in [2.05, 4.69) is 0 Å². The lowest BCUT2D eigenvalue weighted by molar-refractivity contribution is -0.179. The Hall–Kier alpha value is -1.04. The fraction of sp³-hybridized carbons (Fsp3) is 0.684. The lowest BCUT2D eigenvalue weighted by Crippen LogP contribution is -2.47. The van der Waals surface area contributed by atoms with Gasteiger partial charge in [-0.25, -0.2) is 16.8 Å². The van der Waals surface area contributed by atoms with E-state index in [0.717, 1.165) is 12.8 Å². The number of rotatable bonds is 4. The number of hydrogen-bond acceptors (Lipinski definition) is 6. The number of benzene rings is 1. The zero-order valence-electron chi connectivity index (χ0n) is 16.6. The molecule has 0 radical (unpaired) electrons. The third-order valence-corrected chi connectivity index (χ3v) is 9.81. The Morgan fingerprint density at radius 2 is 1.38 bits per heavy atom. The van der Waals surface area contributed by atoms with Crippen LogP contribution in [0.1, 0.15) is 32.6 Å². The van der Waals surface area contributed by atoms with E-state index >= 15 is 0 Å². The zero-order chi connectivity index (χ0) is 20.7. The molecule has 1 atom stereocenters. The highest BCUT2D eigenvalue weighted by Crippen LogP contribution is 2.33. The highest BCUT2D eigenvalue weighted by molar-refractivity contribution is 7.89. The molecule has 3 heterocycles. The topological polar surface area (TPSA) is 93.2 Å². The van der Waals surface area contributed by atoms with E-state index in [1.54, 1.807) is 0 Å². The van der Waals surface area contributed by atoms with Crippen molar-refractivity contribution in [3.05, 3.63) is 24.3 Å². The quantitative estimate of drug-likeness (QED) is 0.701. The maximum Gasteiger partial charge on any atom is 0.243 e. The summed E-state index contributed by atoms with van der Waals surface area (Å²) in [6.45, 7) is 4.76. The van der Waals surface area contributed by atoms with Crippen molar-refractivity contribution in [3.8, 4) is 0 Å². The second-order valence-corrected chi connectivity index (χ2v) is 12.0. The van der Waals surface area contributed by atoms with Crippen molar-refractivity contribution >= 4 is 20.0 Å². The lowest BCUT2D eigenvalue weighted by atomic mass is 10.0. The van der Waals surface area contributed by atoms with Crippen molar-refractivity contribution in [1.82, 2.24) is 8.61 Å². The molecule has 3 saturated heterocycles. The number of nitrogens with zero attached hydrogens (tertiary/aromatic N) is 2. The average molecular weight is 445 g/mol. The molecule has 10 heteroatoms. The third-order valence-electron chi connectivity index (χ3n) is 6.02. The molecule has 3 aliphatic heterocycles. The molecule has 0 amide bonds. The largest absolute Gasteiger partial charge is 0.347 e. The molecule has 0 aliphatic carbocycles. The average Bonchev–Trinajstić information content (AvgIpc) is 3.16. The van der Waals surface area contributed by atoms with Crippen LogP contribution in [0.4, 0.5) is 0 Å². The van der Waals surface area contributed by atoms with Gasteiger partial charge in [0.05, 0.1) is 23.0 Å². The Morgan fingerprint density at radius 1 is 0.862 bits per heavy atom. The van der Waals surface area contributed by atoms with Crippen molar-refractivity contribution in [2.45, 2.75) is 48.2 Å². The molecule has 1 spiro atoms. The summed E-state index contributed by atoms with van der Waals surface area (Å²) in [5.41, 5.74) is 0. The molecule has 3 aliphatic rings. The molecule has 0 unspecified atom stereocenters.